The molecule has 188 valence electrons. The molecule has 0 spiro atoms. The molecule has 8 nitrogen and oxygen atoms in total. The van der Waals surface area contributed by atoms with Gasteiger partial charge < -0.3 is 15.5 Å². The number of benzene rings is 1. The van der Waals surface area contributed by atoms with Crippen molar-refractivity contribution in [2.45, 2.75) is 74.8 Å². The Bertz CT molecular complexity index is 950. The highest BCUT2D eigenvalue weighted by Crippen LogP contribution is 2.26. The van der Waals surface area contributed by atoms with E-state index in [1.807, 2.05) is 4.90 Å². The molecule has 1 aliphatic carbocycles. The third-order valence-corrected chi connectivity index (χ3v) is 9.25. The van der Waals surface area contributed by atoms with Crippen LogP contribution in [0.25, 0.3) is 0 Å². The predicted molar refractivity (Wildman–Crippen MR) is 126 cm³/mol. The second-order valence-corrected chi connectivity index (χ2v) is 11.6. The molecule has 1 saturated carbocycles. The summed E-state index contributed by atoms with van der Waals surface area (Å²) in [6.07, 6.45) is 8.07. The molecule has 0 bridgehead atoms. The maximum Gasteiger partial charge on any atom is 0.315 e. The van der Waals surface area contributed by atoms with Crippen LogP contribution in [-0.4, -0.2) is 67.8 Å². The lowest BCUT2D eigenvalue weighted by atomic mass is 9.94. The fourth-order valence-electron chi connectivity index (χ4n) is 5.26. The number of carbonyl (C=O) groups is 2. The van der Waals surface area contributed by atoms with Crippen LogP contribution in [0.2, 0.25) is 0 Å². The zero-order valence-corrected chi connectivity index (χ0v) is 20.4. The fraction of sp³-hybridized carbons (Fsp3) is 0.667. The van der Waals surface area contributed by atoms with Crippen molar-refractivity contribution in [3.63, 3.8) is 0 Å². The third kappa shape index (κ3) is 6.07. The largest absolute Gasteiger partial charge is 0.342 e. The minimum atomic E-state index is -3.69. The molecule has 4 rings (SSSR count). The monoisotopic (exact) mass is 494 g/mol. The van der Waals surface area contributed by atoms with Gasteiger partial charge in [0.05, 0.1) is 4.90 Å². The first kappa shape index (κ1) is 24.9. The number of nitrogens with one attached hydrogen (secondary N) is 2. The lowest BCUT2D eigenvalue weighted by Crippen LogP contribution is -2.52. The van der Waals surface area contributed by atoms with Crippen molar-refractivity contribution in [3.05, 3.63) is 30.1 Å². The number of amides is 3. The average molecular weight is 495 g/mol. The second kappa shape index (κ2) is 11.0. The van der Waals surface area contributed by atoms with Gasteiger partial charge in [0.2, 0.25) is 15.9 Å². The van der Waals surface area contributed by atoms with E-state index >= 15 is 0 Å². The van der Waals surface area contributed by atoms with Crippen LogP contribution in [0.3, 0.4) is 0 Å². The van der Waals surface area contributed by atoms with Crippen molar-refractivity contribution >= 4 is 22.0 Å². The summed E-state index contributed by atoms with van der Waals surface area (Å²) in [6, 6.07) is 5.06. The van der Waals surface area contributed by atoms with Gasteiger partial charge in [0.1, 0.15) is 5.82 Å². The van der Waals surface area contributed by atoms with Crippen LogP contribution in [0.15, 0.2) is 29.2 Å². The molecule has 2 aliphatic heterocycles. The van der Waals surface area contributed by atoms with E-state index < -0.39 is 15.8 Å². The van der Waals surface area contributed by atoms with E-state index in [0.29, 0.717) is 25.9 Å². The molecule has 1 aromatic carbocycles. The Morgan fingerprint density at radius 1 is 0.794 bits per heavy atom. The van der Waals surface area contributed by atoms with Gasteiger partial charge in [-0.3, -0.25) is 4.79 Å². The van der Waals surface area contributed by atoms with E-state index in [-0.39, 0.29) is 47.9 Å². The second-order valence-electron chi connectivity index (χ2n) is 9.68. The molecule has 34 heavy (non-hydrogen) atoms. The summed E-state index contributed by atoms with van der Waals surface area (Å²) in [5.74, 6) is -0.602. The fourth-order valence-corrected chi connectivity index (χ4v) is 6.73. The Kier molecular flexibility index (Phi) is 8.08. The number of hydrogen-bond acceptors (Lipinski definition) is 4. The lowest BCUT2D eigenvalue weighted by Gasteiger charge is -2.37. The molecule has 2 saturated heterocycles. The average Bonchev–Trinajstić information content (AvgIpc) is 2.85. The van der Waals surface area contributed by atoms with Crippen LogP contribution in [-0.2, 0) is 14.8 Å². The smallest absolute Gasteiger partial charge is 0.315 e. The number of hydrogen-bond donors (Lipinski definition) is 2. The van der Waals surface area contributed by atoms with Gasteiger partial charge in [0.15, 0.2) is 0 Å². The molecule has 0 atom stereocenters. The normalized spacial score (nSPS) is 21.9. The minimum absolute atomic E-state index is 0.0651. The van der Waals surface area contributed by atoms with Crippen LogP contribution >= 0.6 is 0 Å². The first-order chi connectivity index (χ1) is 16.3. The SMILES string of the molecule is O=C(NC1CCCCC1)NC1CCN(C(=O)C2CCN(S(=O)(=O)c3ccc(F)cc3)CC2)CC1. The van der Waals surface area contributed by atoms with Crippen molar-refractivity contribution in [1.29, 1.82) is 0 Å². The first-order valence-corrected chi connectivity index (χ1v) is 13.9. The maximum absolute atomic E-state index is 13.1. The number of urea groups is 1. The zero-order valence-electron chi connectivity index (χ0n) is 19.5. The highest BCUT2D eigenvalue weighted by molar-refractivity contribution is 7.89. The van der Waals surface area contributed by atoms with Crippen molar-refractivity contribution in [3.8, 4) is 0 Å². The van der Waals surface area contributed by atoms with E-state index in [2.05, 4.69) is 10.6 Å². The molecule has 0 unspecified atom stereocenters. The van der Waals surface area contributed by atoms with E-state index in [9.17, 15) is 22.4 Å². The van der Waals surface area contributed by atoms with Gasteiger partial charge in [-0.15, -0.1) is 0 Å². The Morgan fingerprint density at radius 3 is 1.94 bits per heavy atom. The molecule has 2 N–H and O–H groups in total. The van der Waals surface area contributed by atoms with Crippen LogP contribution < -0.4 is 10.6 Å². The maximum atomic E-state index is 13.1. The highest BCUT2D eigenvalue weighted by atomic mass is 32.2. The topological polar surface area (TPSA) is 98.8 Å². The quantitative estimate of drug-likeness (QED) is 0.658. The molecule has 0 radical (unpaired) electrons. The molecule has 3 amide bonds. The number of carbonyl (C=O) groups excluding carboxylic acids is 2. The molecule has 3 aliphatic rings. The van der Waals surface area contributed by atoms with Gasteiger partial charge >= 0.3 is 6.03 Å². The number of rotatable bonds is 5. The Balaban J connectivity index is 1.20. The van der Waals surface area contributed by atoms with E-state index in [1.165, 1.54) is 35.7 Å². The Morgan fingerprint density at radius 2 is 1.35 bits per heavy atom. The molecule has 2 heterocycles. The number of sulfonamides is 1. The summed E-state index contributed by atoms with van der Waals surface area (Å²) in [7, 11) is -3.69. The number of nitrogens with zero attached hydrogens (tertiary/aromatic N) is 2. The molecule has 10 heteroatoms. The summed E-state index contributed by atoms with van der Waals surface area (Å²) in [5.41, 5.74) is 0. The lowest BCUT2D eigenvalue weighted by molar-refractivity contribution is -0.137. The zero-order chi connectivity index (χ0) is 24.1. The number of likely N-dealkylation sites (tertiary alicyclic amines) is 1. The van der Waals surface area contributed by atoms with Gasteiger partial charge in [0.25, 0.3) is 0 Å². The first-order valence-electron chi connectivity index (χ1n) is 12.4. The van der Waals surface area contributed by atoms with Crippen molar-refractivity contribution in [2.24, 2.45) is 5.92 Å². The highest BCUT2D eigenvalue weighted by Gasteiger charge is 2.35. The van der Waals surface area contributed by atoms with Gasteiger partial charge in [-0.2, -0.15) is 4.31 Å². The number of halogens is 1. The number of piperidine rings is 2. The molecular weight excluding hydrogens is 459 g/mol. The summed E-state index contributed by atoms with van der Waals surface area (Å²) in [6.45, 7) is 1.74. The van der Waals surface area contributed by atoms with Crippen LogP contribution in [0.1, 0.15) is 57.8 Å². The van der Waals surface area contributed by atoms with Gasteiger partial charge in [-0.05, 0) is 62.8 Å². The van der Waals surface area contributed by atoms with Crippen LogP contribution in [0.5, 0.6) is 0 Å². The predicted octanol–water partition coefficient (Wildman–Crippen LogP) is 2.85. The minimum Gasteiger partial charge on any atom is -0.342 e. The van der Waals surface area contributed by atoms with Gasteiger partial charge in [-0.25, -0.2) is 17.6 Å². The molecule has 0 aromatic heterocycles. The van der Waals surface area contributed by atoms with Crippen LogP contribution in [0.4, 0.5) is 9.18 Å². The summed E-state index contributed by atoms with van der Waals surface area (Å²) in [4.78, 5) is 27.2. The molecule has 1 aromatic rings. The standard InChI is InChI=1S/C24H35FN4O4S/c25-19-6-8-22(9-7-19)34(32,33)29-16-10-18(11-17-29)23(30)28-14-12-21(13-15-28)27-24(31)26-20-4-2-1-3-5-20/h6-9,18,20-21H,1-5,10-17H2,(H2,26,27,31). The van der Waals surface area contributed by atoms with Crippen molar-refractivity contribution in [2.75, 3.05) is 26.2 Å². The van der Waals surface area contributed by atoms with Crippen molar-refractivity contribution < 1.29 is 22.4 Å². The Labute approximate surface area is 201 Å². The van der Waals surface area contributed by atoms with E-state index in [1.54, 1.807) is 0 Å². The summed E-state index contributed by atoms with van der Waals surface area (Å²) >= 11 is 0. The van der Waals surface area contributed by atoms with Gasteiger partial charge in [-0.1, -0.05) is 19.3 Å². The summed E-state index contributed by atoms with van der Waals surface area (Å²) < 4.78 is 40.1. The molecular formula is C24H35FN4O4S. The third-order valence-electron chi connectivity index (χ3n) is 7.34. The van der Waals surface area contributed by atoms with Crippen molar-refractivity contribution in [1.82, 2.24) is 19.8 Å². The molecule has 3 fully saturated rings. The van der Waals surface area contributed by atoms with Crippen LogP contribution in [0, 0.1) is 11.7 Å². The summed E-state index contributed by atoms with van der Waals surface area (Å²) in [5, 5.41) is 6.14. The van der Waals surface area contributed by atoms with Gasteiger partial charge in [0, 0.05) is 44.2 Å². The van der Waals surface area contributed by atoms with E-state index in [4.69, 9.17) is 0 Å². The Hall–Kier alpha value is -2.20. The van der Waals surface area contributed by atoms with E-state index in [0.717, 1.165) is 37.8 Å².